The van der Waals surface area contributed by atoms with Crippen LogP contribution in [0.1, 0.15) is 16.5 Å². The van der Waals surface area contributed by atoms with Gasteiger partial charge in [-0.3, -0.25) is 9.59 Å². The molecule has 0 radical (unpaired) electrons. The number of aromatic amines is 1. The van der Waals surface area contributed by atoms with Gasteiger partial charge >= 0.3 is 0 Å². The van der Waals surface area contributed by atoms with Crippen LogP contribution >= 0.6 is 22.9 Å². The maximum Gasteiger partial charge on any atom is 0.248 e. The van der Waals surface area contributed by atoms with E-state index in [2.05, 4.69) is 9.71 Å². The number of H-pyrrole nitrogens is 1. The molecule has 2 aromatic carbocycles. The fourth-order valence-electron chi connectivity index (χ4n) is 3.67. The van der Waals surface area contributed by atoms with Gasteiger partial charge in [-0.15, -0.1) is 11.3 Å². The van der Waals surface area contributed by atoms with E-state index in [9.17, 15) is 18.0 Å². The molecule has 1 amide bonds. The number of pyridine rings is 1. The molecule has 2 aromatic heterocycles. The molecule has 11 heteroatoms. The van der Waals surface area contributed by atoms with Crippen LogP contribution in [0.15, 0.2) is 75.7 Å². The first-order chi connectivity index (χ1) is 16.7. The van der Waals surface area contributed by atoms with Gasteiger partial charge < -0.3 is 14.6 Å². The molecule has 4 aromatic rings. The Hall–Kier alpha value is -3.18. The molecule has 0 fully saturated rings. The van der Waals surface area contributed by atoms with Crippen molar-refractivity contribution in [3.8, 4) is 5.75 Å². The van der Waals surface area contributed by atoms with Crippen LogP contribution in [0.25, 0.3) is 10.9 Å². The molecule has 0 aliphatic heterocycles. The third-order valence-corrected chi connectivity index (χ3v) is 8.13. The van der Waals surface area contributed by atoms with Gasteiger partial charge in [-0.25, -0.2) is 8.42 Å². The first kappa shape index (κ1) is 24.9. The molecular weight excluding hydrogens is 510 g/mol. The van der Waals surface area contributed by atoms with E-state index in [4.69, 9.17) is 16.3 Å². The fourth-order valence-corrected chi connectivity index (χ4v) is 6.15. The quantitative estimate of drug-likeness (QED) is 0.358. The number of ether oxygens (including phenoxy) is 1. The van der Waals surface area contributed by atoms with Gasteiger partial charge in [0.25, 0.3) is 0 Å². The molecule has 0 saturated carbocycles. The molecule has 182 valence electrons. The number of likely N-dealkylation sites (N-methyl/N-ethyl adjacent to an activating group) is 1. The molecule has 8 nitrogen and oxygen atoms in total. The molecule has 2 heterocycles. The Morgan fingerprint density at radius 1 is 1.17 bits per heavy atom. The molecule has 0 spiro atoms. The molecule has 0 aliphatic rings. The zero-order chi connectivity index (χ0) is 25.2. The maximum atomic E-state index is 13.6. The Labute approximate surface area is 211 Å². The van der Waals surface area contributed by atoms with E-state index >= 15 is 0 Å². The van der Waals surface area contributed by atoms with Crippen LogP contribution in [0.2, 0.25) is 5.02 Å². The lowest BCUT2D eigenvalue weighted by atomic mass is 10.1. The summed E-state index contributed by atoms with van der Waals surface area (Å²) >= 11 is 7.80. The summed E-state index contributed by atoms with van der Waals surface area (Å²) in [4.78, 5) is 30.0. The summed E-state index contributed by atoms with van der Waals surface area (Å²) in [5.74, 6) is -0.104. The van der Waals surface area contributed by atoms with Gasteiger partial charge in [-0.1, -0.05) is 35.9 Å². The molecule has 0 saturated heterocycles. The van der Waals surface area contributed by atoms with Crippen molar-refractivity contribution in [1.29, 1.82) is 0 Å². The van der Waals surface area contributed by atoms with Crippen molar-refractivity contribution in [2.24, 2.45) is 0 Å². The Morgan fingerprint density at radius 3 is 2.66 bits per heavy atom. The number of para-hydroxylation sites is 1. The number of fused-ring (bicyclic) bond motifs is 1. The summed E-state index contributed by atoms with van der Waals surface area (Å²) in [7, 11) is -1.22. The van der Waals surface area contributed by atoms with Gasteiger partial charge in [0.1, 0.15) is 16.7 Å². The third-order valence-electron chi connectivity index (χ3n) is 5.38. The van der Waals surface area contributed by atoms with Crippen LogP contribution < -0.4 is 15.0 Å². The SMILES string of the molecule is COc1ccccc1[C@@H](NS(=O)(=O)c1cc2ccc(=O)[nH]c2cc1Cl)C(=O)N(C)Cc1cccs1. The first-order valence-electron chi connectivity index (χ1n) is 10.4. The van der Waals surface area contributed by atoms with Gasteiger partial charge in [0.15, 0.2) is 0 Å². The fraction of sp³-hybridized carbons (Fsp3) is 0.167. The zero-order valence-corrected chi connectivity index (χ0v) is 21.2. The summed E-state index contributed by atoms with van der Waals surface area (Å²) in [5.41, 5.74) is 0.426. The van der Waals surface area contributed by atoms with Crippen molar-refractivity contribution in [3.63, 3.8) is 0 Å². The number of nitrogens with one attached hydrogen (secondary N) is 2. The van der Waals surface area contributed by atoms with Crippen LogP contribution in [0.4, 0.5) is 0 Å². The number of carbonyl (C=O) groups is 1. The molecule has 0 aliphatic carbocycles. The van der Waals surface area contributed by atoms with Gasteiger partial charge in [-0.2, -0.15) is 4.72 Å². The van der Waals surface area contributed by atoms with E-state index < -0.39 is 22.0 Å². The van der Waals surface area contributed by atoms with Crippen molar-refractivity contribution in [1.82, 2.24) is 14.6 Å². The van der Waals surface area contributed by atoms with E-state index in [1.54, 1.807) is 31.3 Å². The van der Waals surface area contributed by atoms with E-state index in [1.807, 2.05) is 17.5 Å². The molecule has 0 bridgehead atoms. The highest BCUT2D eigenvalue weighted by Gasteiger charge is 2.32. The summed E-state index contributed by atoms with van der Waals surface area (Å²) in [6, 6.07) is 14.7. The number of aromatic nitrogens is 1. The number of hydrogen-bond acceptors (Lipinski definition) is 6. The number of amides is 1. The lowest BCUT2D eigenvalue weighted by Crippen LogP contribution is -2.41. The number of carbonyl (C=O) groups excluding carboxylic acids is 1. The lowest BCUT2D eigenvalue weighted by molar-refractivity contribution is -0.132. The zero-order valence-electron chi connectivity index (χ0n) is 18.8. The number of rotatable bonds is 8. The Balaban J connectivity index is 1.75. The minimum atomic E-state index is -4.28. The van der Waals surface area contributed by atoms with Gasteiger partial charge in [-0.05, 0) is 41.1 Å². The van der Waals surface area contributed by atoms with Gasteiger partial charge in [0, 0.05) is 29.1 Å². The minimum Gasteiger partial charge on any atom is -0.496 e. The number of benzene rings is 2. The van der Waals surface area contributed by atoms with Gasteiger partial charge in [0.05, 0.1) is 18.7 Å². The third kappa shape index (κ3) is 5.40. The van der Waals surface area contributed by atoms with E-state index in [1.165, 1.54) is 47.6 Å². The second kappa shape index (κ2) is 10.2. The van der Waals surface area contributed by atoms with Gasteiger partial charge in [0.2, 0.25) is 21.5 Å². The standard InChI is InChI=1S/C24H22ClN3O5S2/c1-28(14-16-6-5-11-34-16)24(30)23(17-7-3-4-8-20(17)33-2)27-35(31,32)21-12-15-9-10-22(29)26-19(15)13-18(21)25/h3-13,23,27H,14H2,1-2H3,(H,26,29)/t23-/m1/s1. The topological polar surface area (TPSA) is 109 Å². The molecule has 2 N–H and O–H groups in total. The molecular formula is C24H22ClN3O5S2. The summed E-state index contributed by atoms with van der Waals surface area (Å²) in [6.45, 7) is 0.313. The van der Waals surface area contributed by atoms with Crippen LogP contribution in [-0.2, 0) is 21.4 Å². The van der Waals surface area contributed by atoms with Crippen molar-refractivity contribution in [2.45, 2.75) is 17.5 Å². The minimum absolute atomic E-state index is 0.0926. The van der Waals surface area contributed by atoms with Crippen LogP contribution in [0.5, 0.6) is 5.75 Å². The van der Waals surface area contributed by atoms with E-state index in [0.717, 1.165) is 4.88 Å². The second-order valence-electron chi connectivity index (χ2n) is 7.76. The number of hydrogen-bond donors (Lipinski definition) is 2. The van der Waals surface area contributed by atoms with Crippen LogP contribution in [0.3, 0.4) is 0 Å². The monoisotopic (exact) mass is 531 g/mol. The highest BCUT2D eigenvalue weighted by Crippen LogP contribution is 2.31. The molecule has 4 rings (SSSR count). The normalized spacial score (nSPS) is 12.4. The average Bonchev–Trinajstić information content (AvgIpc) is 3.34. The van der Waals surface area contributed by atoms with Crippen molar-refractivity contribution < 1.29 is 17.9 Å². The van der Waals surface area contributed by atoms with Crippen LogP contribution in [0, 0.1) is 0 Å². The number of nitrogens with zero attached hydrogens (tertiary/aromatic N) is 1. The summed E-state index contributed by atoms with van der Waals surface area (Å²) < 4.78 is 35.0. The van der Waals surface area contributed by atoms with E-state index in [0.29, 0.717) is 28.8 Å². The van der Waals surface area contributed by atoms with Crippen molar-refractivity contribution in [3.05, 3.63) is 91.9 Å². The number of thiophene rings is 1. The molecule has 0 unspecified atom stereocenters. The summed E-state index contributed by atoms with van der Waals surface area (Å²) in [6.07, 6.45) is 0. The highest BCUT2D eigenvalue weighted by molar-refractivity contribution is 7.89. The van der Waals surface area contributed by atoms with Crippen molar-refractivity contribution >= 4 is 49.8 Å². The Morgan fingerprint density at radius 2 is 1.94 bits per heavy atom. The smallest absolute Gasteiger partial charge is 0.248 e. The Kier molecular flexibility index (Phi) is 7.27. The molecule has 35 heavy (non-hydrogen) atoms. The first-order valence-corrected chi connectivity index (χ1v) is 13.2. The van der Waals surface area contributed by atoms with Crippen molar-refractivity contribution in [2.75, 3.05) is 14.2 Å². The summed E-state index contributed by atoms with van der Waals surface area (Å²) in [5, 5.41) is 2.29. The highest BCUT2D eigenvalue weighted by atomic mass is 35.5. The average molecular weight is 532 g/mol. The lowest BCUT2D eigenvalue weighted by Gasteiger charge is -2.26. The second-order valence-corrected chi connectivity index (χ2v) is 10.9. The maximum absolute atomic E-state index is 13.6. The Bertz CT molecular complexity index is 1530. The largest absolute Gasteiger partial charge is 0.496 e. The van der Waals surface area contributed by atoms with Crippen LogP contribution in [-0.4, -0.2) is 38.4 Å². The number of halogens is 1. The predicted molar refractivity (Wildman–Crippen MR) is 136 cm³/mol. The van der Waals surface area contributed by atoms with E-state index in [-0.39, 0.29) is 15.5 Å². The number of methoxy groups -OCH3 is 1. The predicted octanol–water partition coefficient (Wildman–Crippen LogP) is 3.93. The number of sulfonamides is 1. The molecule has 1 atom stereocenters.